The Bertz CT molecular complexity index is 344. The van der Waals surface area contributed by atoms with Crippen molar-refractivity contribution in [2.24, 2.45) is 5.41 Å². The number of hydrogen-bond acceptors (Lipinski definition) is 3. The number of amides is 1. The van der Waals surface area contributed by atoms with Gasteiger partial charge in [-0.1, -0.05) is 0 Å². The lowest BCUT2D eigenvalue weighted by Crippen LogP contribution is -2.45. The van der Waals surface area contributed by atoms with Crippen LogP contribution < -0.4 is 0 Å². The first-order valence-corrected chi connectivity index (χ1v) is 8.32. The summed E-state index contributed by atoms with van der Waals surface area (Å²) in [7, 11) is 0. The van der Waals surface area contributed by atoms with Gasteiger partial charge in [0.2, 0.25) is 5.91 Å². The minimum atomic E-state index is 0.289. The molecule has 114 valence electrons. The van der Waals surface area contributed by atoms with Gasteiger partial charge in [-0.25, -0.2) is 0 Å². The molecule has 1 amide bonds. The molecule has 3 aliphatic heterocycles. The fourth-order valence-corrected chi connectivity index (χ4v) is 4.05. The number of hydrogen-bond donors (Lipinski definition) is 0. The van der Waals surface area contributed by atoms with Crippen molar-refractivity contribution >= 4 is 5.91 Å². The number of likely N-dealkylation sites (tertiary alicyclic amines) is 2. The molecule has 0 aromatic carbocycles. The van der Waals surface area contributed by atoms with Gasteiger partial charge in [0.05, 0.1) is 6.10 Å². The Hall–Kier alpha value is -0.610. The smallest absolute Gasteiger partial charge is 0.223 e. The van der Waals surface area contributed by atoms with E-state index in [2.05, 4.69) is 11.8 Å². The van der Waals surface area contributed by atoms with E-state index in [4.69, 9.17) is 4.74 Å². The number of ether oxygens (including phenoxy) is 1. The highest BCUT2D eigenvalue weighted by Gasteiger charge is 2.44. The van der Waals surface area contributed by atoms with Crippen molar-refractivity contribution in [3.63, 3.8) is 0 Å². The third-order valence-corrected chi connectivity index (χ3v) is 5.44. The van der Waals surface area contributed by atoms with Crippen molar-refractivity contribution in [2.45, 2.75) is 51.6 Å². The van der Waals surface area contributed by atoms with E-state index in [1.54, 1.807) is 0 Å². The Kier molecular flexibility index (Phi) is 4.32. The summed E-state index contributed by atoms with van der Waals surface area (Å²) in [6.45, 7) is 8.29. The van der Waals surface area contributed by atoms with Crippen molar-refractivity contribution in [2.75, 3.05) is 39.3 Å². The molecule has 3 heterocycles. The van der Waals surface area contributed by atoms with Gasteiger partial charge < -0.3 is 14.5 Å². The summed E-state index contributed by atoms with van der Waals surface area (Å²) in [6, 6.07) is 0. The van der Waals surface area contributed by atoms with Gasteiger partial charge in [-0.05, 0) is 57.5 Å². The molecule has 0 aliphatic carbocycles. The van der Waals surface area contributed by atoms with Crippen LogP contribution >= 0.6 is 0 Å². The van der Waals surface area contributed by atoms with Crippen molar-refractivity contribution in [3.05, 3.63) is 0 Å². The fraction of sp³-hybridized carbons (Fsp3) is 0.938. The minimum absolute atomic E-state index is 0.289. The fourth-order valence-electron chi connectivity index (χ4n) is 4.05. The molecule has 0 aromatic heterocycles. The van der Waals surface area contributed by atoms with Gasteiger partial charge in [0.25, 0.3) is 0 Å². The Morgan fingerprint density at radius 1 is 1.30 bits per heavy atom. The zero-order valence-electron chi connectivity index (χ0n) is 12.8. The van der Waals surface area contributed by atoms with Gasteiger partial charge in [0.15, 0.2) is 0 Å². The second-order valence-corrected chi connectivity index (χ2v) is 6.87. The number of carbonyl (C=O) groups is 1. The lowest BCUT2D eigenvalue weighted by atomic mass is 9.77. The van der Waals surface area contributed by atoms with Crippen LogP contribution in [0, 0.1) is 5.41 Å². The molecule has 0 bridgehead atoms. The van der Waals surface area contributed by atoms with E-state index in [0.717, 1.165) is 45.8 Å². The highest BCUT2D eigenvalue weighted by molar-refractivity contribution is 5.79. The summed E-state index contributed by atoms with van der Waals surface area (Å²) in [4.78, 5) is 16.6. The second-order valence-electron chi connectivity index (χ2n) is 6.87. The van der Waals surface area contributed by atoms with Crippen LogP contribution in [0.1, 0.15) is 45.4 Å². The van der Waals surface area contributed by atoms with Gasteiger partial charge in [-0.3, -0.25) is 4.79 Å². The summed E-state index contributed by atoms with van der Waals surface area (Å²) in [5.74, 6) is 0.372. The lowest BCUT2D eigenvalue weighted by Gasteiger charge is -2.40. The number of rotatable bonds is 3. The average Bonchev–Trinajstić information content (AvgIpc) is 2.79. The van der Waals surface area contributed by atoms with Gasteiger partial charge in [0.1, 0.15) is 0 Å². The molecule has 1 atom stereocenters. The molecule has 4 nitrogen and oxygen atoms in total. The van der Waals surface area contributed by atoms with Crippen LogP contribution in [0.3, 0.4) is 0 Å². The first-order valence-electron chi connectivity index (χ1n) is 8.32. The number of nitrogens with zero attached hydrogens (tertiary/aromatic N) is 2. The third-order valence-electron chi connectivity index (χ3n) is 5.44. The monoisotopic (exact) mass is 280 g/mol. The van der Waals surface area contributed by atoms with E-state index in [9.17, 15) is 4.79 Å². The van der Waals surface area contributed by atoms with Crippen LogP contribution in [0.2, 0.25) is 0 Å². The molecule has 1 unspecified atom stereocenters. The Balaban J connectivity index is 1.48. The van der Waals surface area contributed by atoms with E-state index in [1.807, 2.05) is 4.90 Å². The first kappa shape index (κ1) is 14.3. The van der Waals surface area contributed by atoms with Crippen molar-refractivity contribution in [1.82, 2.24) is 9.80 Å². The maximum atomic E-state index is 12.0. The van der Waals surface area contributed by atoms with Crippen LogP contribution in [-0.2, 0) is 9.53 Å². The van der Waals surface area contributed by atoms with E-state index in [-0.39, 0.29) is 5.41 Å². The van der Waals surface area contributed by atoms with E-state index < -0.39 is 0 Å². The number of piperidine rings is 1. The zero-order valence-corrected chi connectivity index (χ0v) is 12.8. The third kappa shape index (κ3) is 3.01. The molecule has 0 radical (unpaired) electrons. The topological polar surface area (TPSA) is 32.8 Å². The molecular weight excluding hydrogens is 252 g/mol. The molecule has 3 rings (SSSR count). The molecule has 3 saturated heterocycles. The van der Waals surface area contributed by atoms with Crippen molar-refractivity contribution < 1.29 is 9.53 Å². The molecular formula is C16H28N2O2. The Morgan fingerprint density at radius 3 is 2.70 bits per heavy atom. The predicted octanol–water partition coefficient (Wildman–Crippen LogP) is 1.89. The van der Waals surface area contributed by atoms with Crippen LogP contribution in [-0.4, -0.2) is 61.1 Å². The largest absolute Gasteiger partial charge is 0.377 e. The predicted molar refractivity (Wildman–Crippen MR) is 78.6 cm³/mol. The SMILES string of the molecule is CCN1CC2(CCN(CC3CCCCO3)CC2)CC1=O. The minimum Gasteiger partial charge on any atom is -0.377 e. The van der Waals surface area contributed by atoms with Gasteiger partial charge in [0, 0.05) is 32.7 Å². The first-order chi connectivity index (χ1) is 9.71. The molecule has 0 N–H and O–H groups in total. The summed E-state index contributed by atoms with van der Waals surface area (Å²) in [5.41, 5.74) is 0.289. The van der Waals surface area contributed by atoms with E-state index in [1.165, 1.54) is 32.1 Å². The average molecular weight is 280 g/mol. The quantitative estimate of drug-likeness (QED) is 0.791. The van der Waals surface area contributed by atoms with Crippen molar-refractivity contribution in [3.8, 4) is 0 Å². The molecule has 1 spiro atoms. The molecule has 4 heteroatoms. The molecule has 0 saturated carbocycles. The zero-order chi connectivity index (χ0) is 14.0. The maximum absolute atomic E-state index is 12.0. The molecule has 3 aliphatic rings. The summed E-state index contributed by atoms with van der Waals surface area (Å²) < 4.78 is 5.85. The van der Waals surface area contributed by atoms with Crippen LogP contribution in [0.4, 0.5) is 0 Å². The van der Waals surface area contributed by atoms with E-state index >= 15 is 0 Å². The molecule has 20 heavy (non-hydrogen) atoms. The second kappa shape index (κ2) is 6.02. The summed E-state index contributed by atoms with van der Waals surface area (Å²) in [6.07, 6.45) is 7.38. The normalized spacial score (nSPS) is 31.1. The van der Waals surface area contributed by atoms with Crippen LogP contribution in [0.15, 0.2) is 0 Å². The van der Waals surface area contributed by atoms with Crippen LogP contribution in [0.25, 0.3) is 0 Å². The molecule has 3 fully saturated rings. The standard InChI is InChI=1S/C16H28N2O2/c1-2-18-13-16(11-15(18)19)6-8-17(9-7-16)12-14-5-3-4-10-20-14/h14H,2-13H2,1H3. The highest BCUT2D eigenvalue weighted by Crippen LogP contribution is 2.40. The summed E-state index contributed by atoms with van der Waals surface area (Å²) in [5, 5.41) is 0. The highest BCUT2D eigenvalue weighted by atomic mass is 16.5. The van der Waals surface area contributed by atoms with Gasteiger partial charge >= 0.3 is 0 Å². The Morgan fingerprint density at radius 2 is 2.10 bits per heavy atom. The maximum Gasteiger partial charge on any atom is 0.223 e. The lowest BCUT2D eigenvalue weighted by molar-refractivity contribution is -0.127. The Labute approximate surface area is 122 Å². The summed E-state index contributed by atoms with van der Waals surface area (Å²) >= 11 is 0. The van der Waals surface area contributed by atoms with Crippen LogP contribution in [0.5, 0.6) is 0 Å². The van der Waals surface area contributed by atoms with Crippen molar-refractivity contribution in [1.29, 1.82) is 0 Å². The number of carbonyl (C=O) groups excluding carboxylic acids is 1. The van der Waals surface area contributed by atoms with E-state index in [0.29, 0.717) is 12.0 Å². The van der Waals surface area contributed by atoms with Gasteiger partial charge in [-0.2, -0.15) is 0 Å². The van der Waals surface area contributed by atoms with Gasteiger partial charge in [-0.15, -0.1) is 0 Å². The molecule has 0 aromatic rings.